The van der Waals surface area contributed by atoms with Crippen molar-refractivity contribution in [2.24, 2.45) is 0 Å². The van der Waals surface area contributed by atoms with E-state index >= 15 is 0 Å². The van der Waals surface area contributed by atoms with Crippen LogP contribution in [0.25, 0.3) is 0 Å². The second-order valence-corrected chi connectivity index (χ2v) is 3.34. The number of amides is 1. The van der Waals surface area contributed by atoms with Gasteiger partial charge in [-0.3, -0.25) is 9.78 Å². The first kappa shape index (κ1) is 12.6. The van der Waals surface area contributed by atoms with Gasteiger partial charge in [0.05, 0.1) is 25.1 Å². The summed E-state index contributed by atoms with van der Waals surface area (Å²) in [6.45, 7) is 2.84. The van der Waals surface area contributed by atoms with Gasteiger partial charge in [-0.25, -0.2) is 0 Å². The maximum absolute atomic E-state index is 11.4. The summed E-state index contributed by atoms with van der Waals surface area (Å²) < 4.78 is 9.87. The Labute approximate surface area is 94.8 Å². The first-order valence-electron chi connectivity index (χ1n) is 5.00. The van der Waals surface area contributed by atoms with Gasteiger partial charge in [0, 0.05) is 13.3 Å². The highest BCUT2D eigenvalue weighted by molar-refractivity contribution is 5.91. The average molecular weight is 224 g/mol. The lowest BCUT2D eigenvalue weighted by Crippen LogP contribution is -2.19. The number of hydrogen-bond donors (Lipinski definition) is 1. The number of carbonyl (C=O) groups excluding carboxylic acids is 1. The van der Waals surface area contributed by atoms with Gasteiger partial charge in [0.25, 0.3) is 0 Å². The summed E-state index contributed by atoms with van der Waals surface area (Å²) in [6.07, 6.45) is 3.32. The maximum atomic E-state index is 11.4. The number of nitrogens with one attached hydrogen (secondary N) is 1. The number of nitrogens with zero attached hydrogens (tertiary/aromatic N) is 1. The molecule has 0 saturated heterocycles. The van der Waals surface area contributed by atoms with Crippen molar-refractivity contribution in [1.82, 2.24) is 4.98 Å². The lowest BCUT2D eigenvalue weighted by Gasteiger charge is -2.06. The molecule has 1 aromatic rings. The lowest BCUT2D eigenvalue weighted by atomic mass is 10.3. The normalized spacial score (nSPS) is 10.1. The zero-order valence-electron chi connectivity index (χ0n) is 9.53. The summed E-state index contributed by atoms with van der Waals surface area (Å²) in [7, 11) is 1.59. The van der Waals surface area contributed by atoms with Crippen molar-refractivity contribution in [1.29, 1.82) is 0 Å². The molecule has 88 valence electrons. The van der Waals surface area contributed by atoms with E-state index in [0.717, 1.165) is 5.56 Å². The zero-order valence-corrected chi connectivity index (χ0v) is 9.53. The van der Waals surface area contributed by atoms with Crippen LogP contribution in [0.5, 0.6) is 0 Å². The van der Waals surface area contributed by atoms with Crippen LogP contribution in [0, 0.1) is 6.92 Å². The van der Waals surface area contributed by atoms with Crippen LogP contribution in [0.3, 0.4) is 0 Å². The highest BCUT2D eigenvalue weighted by Gasteiger charge is 2.02. The topological polar surface area (TPSA) is 60.5 Å². The Morgan fingerprint density at radius 3 is 2.94 bits per heavy atom. The van der Waals surface area contributed by atoms with Crippen LogP contribution in [0.1, 0.15) is 5.56 Å². The molecule has 0 fully saturated rings. The van der Waals surface area contributed by atoms with E-state index in [-0.39, 0.29) is 12.5 Å². The fourth-order valence-electron chi connectivity index (χ4n) is 1.13. The number of pyridine rings is 1. The highest BCUT2D eigenvalue weighted by Crippen LogP contribution is 2.06. The lowest BCUT2D eigenvalue weighted by molar-refractivity contribution is -0.121. The third kappa shape index (κ3) is 4.86. The minimum absolute atomic E-state index is 0.0251. The number of hydrogen-bond acceptors (Lipinski definition) is 4. The van der Waals surface area contributed by atoms with Crippen LogP contribution in [0.2, 0.25) is 0 Å². The predicted octanol–water partition coefficient (Wildman–Crippen LogP) is 0.992. The molecule has 0 aliphatic rings. The molecule has 0 aliphatic heterocycles. The quantitative estimate of drug-likeness (QED) is 0.732. The van der Waals surface area contributed by atoms with Crippen molar-refractivity contribution < 1.29 is 14.3 Å². The molecule has 1 amide bonds. The third-order valence-corrected chi connectivity index (χ3v) is 1.82. The number of ether oxygens (including phenoxy) is 2. The molecule has 0 aliphatic carbocycles. The molecule has 5 heteroatoms. The van der Waals surface area contributed by atoms with E-state index in [1.54, 1.807) is 19.5 Å². The standard InChI is InChI=1S/C11H16N2O3/c1-9-5-10(7-12-6-9)13-11(14)8-16-4-3-15-2/h5-7H,3-4,8H2,1-2H3,(H,13,14). The van der Waals surface area contributed by atoms with Crippen molar-refractivity contribution in [2.75, 3.05) is 32.2 Å². The Morgan fingerprint density at radius 2 is 2.25 bits per heavy atom. The van der Waals surface area contributed by atoms with E-state index in [2.05, 4.69) is 10.3 Å². The Morgan fingerprint density at radius 1 is 1.44 bits per heavy atom. The minimum atomic E-state index is -0.191. The number of aromatic nitrogens is 1. The zero-order chi connectivity index (χ0) is 11.8. The Bertz CT molecular complexity index is 342. The second kappa shape index (κ2) is 6.92. The molecule has 1 rings (SSSR count). The number of carbonyl (C=O) groups is 1. The van der Waals surface area contributed by atoms with Gasteiger partial charge in [0.1, 0.15) is 6.61 Å². The Kier molecular flexibility index (Phi) is 5.45. The molecular formula is C11H16N2O3. The van der Waals surface area contributed by atoms with Crippen LogP contribution in [0.15, 0.2) is 18.5 Å². The SMILES string of the molecule is COCCOCC(=O)Nc1cncc(C)c1. The first-order chi connectivity index (χ1) is 7.72. The van der Waals surface area contributed by atoms with E-state index < -0.39 is 0 Å². The van der Waals surface area contributed by atoms with Gasteiger partial charge in [-0.2, -0.15) is 0 Å². The van der Waals surface area contributed by atoms with Crippen LogP contribution >= 0.6 is 0 Å². The van der Waals surface area contributed by atoms with Crippen LogP contribution < -0.4 is 5.32 Å². The predicted molar refractivity (Wildman–Crippen MR) is 60.3 cm³/mol. The molecule has 0 saturated carbocycles. The highest BCUT2D eigenvalue weighted by atomic mass is 16.5. The second-order valence-electron chi connectivity index (χ2n) is 3.34. The number of methoxy groups -OCH3 is 1. The number of aryl methyl sites for hydroxylation is 1. The summed E-state index contributed by atoms with van der Waals surface area (Å²) in [5.41, 5.74) is 1.68. The first-order valence-corrected chi connectivity index (χ1v) is 5.00. The van der Waals surface area contributed by atoms with Gasteiger partial charge in [-0.15, -0.1) is 0 Å². The average Bonchev–Trinajstić information content (AvgIpc) is 2.24. The molecular weight excluding hydrogens is 208 g/mol. The molecule has 1 aromatic heterocycles. The fourth-order valence-corrected chi connectivity index (χ4v) is 1.13. The van der Waals surface area contributed by atoms with Crippen molar-refractivity contribution in [2.45, 2.75) is 6.92 Å². The van der Waals surface area contributed by atoms with E-state index in [0.29, 0.717) is 18.9 Å². The van der Waals surface area contributed by atoms with Gasteiger partial charge in [0.15, 0.2) is 0 Å². The fraction of sp³-hybridized carbons (Fsp3) is 0.455. The summed E-state index contributed by atoms with van der Waals surface area (Å²) in [6, 6.07) is 1.85. The summed E-state index contributed by atoms with van der Waals surface area (Å²) >= 11 is 0. The molecule has 0 bridgehead atoms. The summed E-state index contributed by atoms with van der Waals surface area (Å²) in [5.74, 6) is -0.191. The summed E-state index contributed by atoms with van der Waals surface area (Å²) in [5, 5.41) is 2.69. The molecule has 16 heavy (non-hydrogen) atoms. The number of rotatable bonds is 6. The van der Waals surface area contributed by atoms with Crippen LogP contribution in [0.4, 0.5) is 5.69 Å². The molecule has 0 unspecified atom stereocenters. The molecule has 1 N–H and O–H groups in total. The van der Waals surface area contributed by atoms with E-state index in [9.17, 15) is 4.79 Å². The number of anilines is 1. The van der Waals surface area contributed by atoms with Crippen molar-refractivity contribution >= 4 is 11.6 Å². The van der Waals surface area contributed by atoms with Crippen LogP contribution in [-0.4, -0.2) is 37.8 Å². The van der Waals surface area contributed by atoms with Crippen molar-refractivity contribution in [3.05, 3.63) is 24.0 Å². The largest absolute Gasteiger partial charge is 0.382 e. The van der Waals surface area contributed by atoms with Crippen molar-refractivity contribution in [3.63, 3.8) is 0 Å². The monoisotopic (exact) mass is 224 g/mol. The van der Waals surface area contributed by atoms with E-state index in [1.165, 1.54) is 0 Å². The molecule has 0 aromatic carbocycles. The maximum Gasteiger partial charge on any atom is 0.250 e. The third-order valence-electron chi connectivity index (χ3n) is 1.82. The van der Waals surface area contributed by atoms with E-state index in [1.807, 2.05) is 13.0 Å². The smallest absolute Gasteiger partial charge is 0.250 e. The van der Waals surface area contributed by atoms with Crippen LogP contribution in [-0.2, 0) is 14.3 Å². The molecule has 0 radical (unpaired) electrons. The Balaban J connectivity index is 2.29. The molecule has 5 nitrogen and oxygen atoms in total. The van der Waals surface area contributed by atoms with Gasteiger partial charge in [-0.1, -0.05) is 0 Å². The van der Waals surface area contributed by atoms with Gasteiger partial charge in [-0.05, 0) is 18.6 Å². The van der Waals surface area contributed by atoms with E-state index in [4.69, 9.17) is 9.47 Å². The minimum Gasteiger partial charge on any atom is -0.382 e. The Hall–Kier alpha value is -1.46. The molecule has 0 atom stereocenters. The van der Waals surface area contributed by atoms with Gasteiger partial charge >= 0.3 is 0 Å². The van der Waals surface area contributed by atoms with Gasteiger partial charge < -0.3 is 14.8 Å². The molecule has 0 spiro atoms. The summed E-state index contributed by atoms with van der Waals surface area (Å²) in [4.78, 5) is 15.4. The molecule has 1 heterocycles. The van der Waals surface area contributed by atoms with Crippen molar-refractivity contribution in [3.8, 4) is 0 Å². The van der Waals surface area contributed by atoms with Gasteiger partial charge in [0.2, 0.25) is 5.91 Å².